The molecule has 4 nitrogen and oxygen atoms in total. The van der Waals surface area contributed by atoms with Crippen LogP contribution in [0.15, 0.2) is 43.0 Å². The molecule has 0 aliphatic rings. The van der Waals surface area contributed by atoms with Crippen molar-refractivity contribution in [1.82, 2.24) is 19.5 Å². The van der Waals surface area contributed by atoms with Gasteiger partial charge in [-0.25, -0.2) is 15.0 Å². The van der Waals surface area contributed by atoms with E-state index >= 15 is 0 Å². The largest absolute Gasteiger partial charge is 0.311 e. The highest BCUT2D eigenvalue weighted by Gasteiger charge is 2.09. The second-order valence-electron chi connectivity index (χ2n) is 4.32. The fourth-order valence-corrected chi connectivity index (χ4v) is 2.33. The molecule has 0 spiro atoms. The van der Waals surface area contributed by atoms with E-state index in [-0.39, 0.29) is 0 Å². The molecule has 19 heavy (non-hydrogen) atoms. The zero-order valence-corrected chi connectivity index (χ0v) is 11.3. The highest BCUT2D eigenvalue weighted by atomic mass is 32.1. The van der Waals surface area contributed by atoms with Crippen molar-refractivity contribution in [3.8, 4) is 0 Å². The van der Waals surface area contributed by atoms with E-state index in [4.69, 9.17) is 0 Å². The summed E-state index contributed by atoms with van der Waals surface area (Å²) in [5, 5.41) is 0. The molecule has 0 atom stereocenters. The average molecular weight is 270 g/mol. The second kappa shape index (κ2) is 5.40. The van der Waals surface area contributed by atoms with Gasteiger partial charge in [0.15, 0.2) is 5.65 Å². The summed E-state index contributed by atoms with van der Waals surface area (Å²) in [6.07, 6.45) is 4.24. The van der Waals surface area contributed by atoms with Crippen LogP contribution < -0.4 is 0 Å². The zero-order chi connectivity index (χ0) is 13.1. The van der Waals surface area contributed by atoms with Gasteiger partial charge in [0.25, 0.3) is 0 Å². The molecule has 1 aromatic carbocycles. The average Bonchev–Trinajstić information content (AvgIpc) is 2.85. The van der Waals surface area contributed by atoms with Crippen LogP contribution in [-0.4, -0.2) is 25.3 Å². The number of aromatic nitrogens is 4. The van der Waals surface area contributed by atoms with Gasteiger partial charge in [0, 0.05) is 6.42 Å². The van der Waals surface area contributed by atoms with Crippen LogP contribution in [0.25, 0.3) is 11.2 Å². The van der Waals surface area contributed by atoms with E-state index in [2.05, 4.69) is 39.7 Å². The molecule has 0 aliphatic carbocycles. The maximum Gasteiger partial charge on any atom is 0.163 e. The molecule has 0 saturated heterocycles. The number of fused-ring (bicyclic) bond motifs is 1. The van der Waals surface area contributed by atoms with E-state index in [9.17, 15) is 0 Å². The topological polar surface area (TPSA) is 43.6 Å². The maximum absolute atomic E-state index is 4.44. The van der Waals surface area contributed by atoms with Crippen molar-refractivity contribution in [3.05, 3.63) is 54.2 Å². The minimum atomic E-state index is 0.762. The lowest BCUT2D eigenvalue weighted by atomic mass is 10.2. The SMILES string of the molecule is SCCc1ncnc2c1ncn2Cc1ccccc1. The number of imidazole rings is 1. The van der Waals surface area contributed by atoms with Gasteiger partial charge in [-0.05, 0) is 11.3 Å². The van der Waals surface area contributed by atoms with Crippen LogP contribution in [0, 0.1) is 0 Å². The zero-order valence-electron chi connectivity index (χ0n) is 10.4. The molecule has 0 N–H and O–H groups in total. The lowest BCUT2D eigenvalue weighted by Gasteiger charge is -2.04. The van der Waals surface area contributed by atoms with Crippen molar-refractivity contribution in [2.45, 2.75) is 13.0 Å². The molecule has 0 fully saturated rings. The minimum Gasteiger partial charge on any atom is -0.311 e. The van der Waals surface area contributed by atoms with Gasteiger partial charge in [-0.2, -0.15) is 12.6 Å². The Kier molecular flexibility index (Phi) is 3.46. The van der Waals surface area contributed by atoms with Gasteiger partial charge in [-0.1, -0.05) is 30.3 Å². The summed E-state index contributed by atoms with van der Waals surface area (Å²) in [6.45, 7) is 0.772. The Labute approximate surface area is 116 Å². The number of rotatable bonds is 4. The van der Waals surface area contributed by atoms with E-state index in [1.807, 2.05) is 29.1 Å². The van der Waals surface area contributed by atoms with Gasteiger partial charge in [-0.3, -0.25) is 0 Å². The van der Waals surface area contributed by atoms with Gasteiger partial charge in [-0.15, -0.1) is 0 Å². The van der Waals surface area contributed by atoms with Gasteiger partial charge in [0.1, 0.15) is 11.8 Å². The third-order valence-corrected chi connectivity index (χ3v) is 3.24. The summed E-state index contributed by atoms with van der Waals surface area (Å²) < 4.78 is 2.05. The fourth-order valence-electron chi connectivity index (χ4n) is 2.11. The number of hydrogen-bond acceptors (Lipinski definition) is 4. The van der Waals surface area contributed by atoms with Crippen LogP contribution in [0.1, 0.15) is 11.3 Å². The standard InChI is InChI=1S/C14H14N4S/c19-7-6-12-13-14(16-9-15-12)18(10-17-13)8-11-4-2-1-3-5-11/h1-5,9-10,19H,6-8H2. The summed E-state index contributed by atoms with van der Waals surface area (Å²) in [6, 6.07) is 10.3. The first-order valence-corrected chi connectivity index (χ1v) is 6.81. The number of hydrogen-bond donors (Lipinski definition) is 1. The number of nitrogens with zero attached hydrogens (tertiary/aromatic N) is 4. The Morgan fingerprint density at radius 1 is 1.05 bits per heavy atom. The monoisotopic (exact) mass is 270 g/mol. The van der Waals surface area contributed by atoms with Gasteiger partial charge < -0.3 is 4.57 Å². The molecule has 0 bridgehead atoms. The number of aryl methyl sites for hydroxylation is 1. The summed E-state index contributed by atoms with van der Waals surface area (Å²) in [4.78, 5) is 13.1. The highest BCUT2D eigenvalue weighted by molar-refractivity contribution is 7.80. The Balaban J connectivity index is 1.99. The predicted octanol–water partition coefficient (Wildman–Crippen LogP) is 2.35. The van der Waals surface area contributed by atoms with Crippen molar-refractivity contribution >= 4 is 23.8 Å². The molecular weight excluding hydrogens is 256 g/mol. The van der Waals surface area contributed by atoms with Crippen LogP contribution in [0.2, 0.25) is 0 Å². The predicted molar refractivity (Wildman–Crippen MR) is 78.4 cm³/mol. The molecule has 2 aromatic heterocycles. The van der Waals surface area contributed by atoms with Crippen LogP contribution in [-0.2, 0) is 13.0 Å². The number of benzene rings is 1. The molecule has 0 amide bonds. The van der Waals surface area contributed by atoms with Crippen molar-refractivity contribution in [2.75, 3.05) is 5.75 Å². The van der Waals surface area contributed by atoms with Crippen LogP contribution in [0.5, 0.6) is 0 Å². The third kappa shape index (κ3) is 2.46. The fraction of sp³-hybridized carbons (Fsp3) is 0.214. The molecule has 5 heteroatoms. The molecule has 3 rings (SSSR count). The van der Waals surface area contributed by atoms with Crippen LogP contribution in [0.4, 0.5) is 0 Å². The van der Waals surface area contributed by atoms with E-state index < -0.39 is 0 Å². The van der Waals surface area contributed by atoms with E-state index in [1.54, 1.807) is 6.33 Å². The van der Waals surface area contributed by atoms with Crippen molar-refractivity contribution in [2.24, 2.45) is 0 Å². The molecule has 3 aromatic rings. The van der Waals surface area contributed by atoms with Crippen molar-refractivity contribution in [3.63, 3.8) is 0 Å². The molecule has 2 heterocycles. The lowest BCUT2D eigenvalue weighted by molar-refractivity contribution is 0.812. The molecular formula is C14H14N4S. The number of thiol groups is 1. The molecule has 0 radical (unpaired) electrons. The first kappa shape index (κ1) is 12.2. The summed E-state index contributed by atoms with van der Waals surface area (Å²) in [5.41, 5.74) is 3.96. The quantitative estimate of drug-likeness (QED) is 0.740. The Hall–Kier alpha value is -1.88. The summed E-state index contributed by atoms with van der Waals surface area (Å²) in [7, 11) is 0. The molecule has 0 aliphatic heterocycles. The maximum atomic E-state index is 4.44. The van der Waals surface area contributed by atoms with E-state index in [0.717, 1.165) is 35.6 Å². The van der Waals surface area contributed by atoms with Gasteiger partial charge in [0.2, 0.25) is 0 Å². The van der Waals surface area contributed by atoms with Crippen LogP contribution >= 0.6 is 12.6 Å². The highest BCUT2D eigenvalue weighted by Crippen LogP contribution is 2.15. The first-order chi connectivity index (χ1) is 9.38. The summed E-state index contributed by atoms with van der Waals surface area (Å²) in [5.74, 6) is 0.762. The Bertz CT molecular complexity index is 678. The van der Waals surface area contributed by atoms with E-state index in [0.29, 0.717) is 0 Å². The van der Waals surface area contributed by atoms with Crippen molar-refractivity contribution < 1.29 is 0 Å². The normalized spacial score (nSPS) is 11.0. The van der Waals surface area contributed by atoms with Crippen LogP contribution in [0.3, 0.4) is 0 Å². The smallest absolute Gasteiger partial charge is 0.163 e. The summed E-state index contributed by atoms with van der Waals surface area (Å²) >= 11 is 4.25. The third-order valence-electron chi connectivity index (χ3n) is 3.02. The Morgan fingerprint density at radius 3 is 2.68 bits per heavy atom. The van der Waals surface area contributed by atoms with E-state index in [1.165, 1.54) is 5.56 Å². The molecule has 0 unspecified atom stereocenters. The van der Waals surface area contributed by atoms with Gasteiger partial charge >= 0.3 is 0 Å². The second-order valence-corrected chi connectivity index (χ2v) is 4.77. The molecule has 0 saturated carbocycles. The Morgan fingerprint density at radius 2 is 1.89 bits per heavy atom. The van der Waals surface area contributed by atoms with Crippen molar-refractivity contribution in [1.29, 1.82) is 0 Å². The van der Waals surface area contributed by atoms with Gasteiger partial charge in [0.05, 0.1) is 18.6 Å². The first-order valence-electron chi connectivity index (χ1n) is 6.18. The minimum absolute atomic E-state index is 0.762. The lowest BCUT2D eigenvalue weighted by Crippen LogP contribution is -2.00. The molecule has 96 valence electrons.